The summed E-state index contributed by atoms with van der Waals surface area (Å²) in [5, 5.41) is 10.1. The number of amides is 1. The summed E-state index contributed by atoms with van der Waals surface area (Å²) < 4.78 is 6.18. The summed E-state index contributed by atoms with van der Waals surface area (Å²) in [7, 11) is 1.65. The number of aromatic hydroxyl groups is 1. The molecule has 1 N–H and O–H groups in total. The van der Waals surface area contributed by atoms with E-state index in [9.17, 15) is 9.90 Å². The zero-order valence-electron chi connectivity index (χ0n) is 17.3. The smallest absolute Gasteiger partial charge is 0.258 e. The Hall–Kier alpha value is -3.27. The lowest BCUT2D eigenvalue weighted by Crippen LogP contribution is -2.26. The Morgan fingerprint density at radius 2 is 1.66 bits per heavy atom. The molecule has 3 aromatic carbocycles. The van der Waals surface area contributed by atoms with Crippen LogP contribution in [0.25, 0.3) is 0 Å². The molecule has 4 nitrogen and oxygen atoms in total. The topological polar surface area (TPSA) is 49.8 Å². The van der Waals surface area contributed by atoms with Crippen molar-refractivity contribution >= 4 is 11.6 Å². The van der Waals surface area contributed by atoms with Crippen LogP contribution in [0.5, 0.6) is 17.2 Å². The highest BCUT2D eigenvalue weighted by atomic mass is 16.5. The number of benzene rings is 3. The van der Waals surface area contributed by atoms with Gasteiger partial charge in [0.05, 0.1) is 5.69 Å². The minimum atomic E-state index is -0.217. The predicted octanol–water partition coefficient (Wildman–Crippen LogP) is 6.15. The molecule has 0 saturated heterocycles. The molecule has 29 heavy (non-hydrogen) atoms. The van der Waals surface area contributed by atoms with Gasteiger partial charge in [-0.2, -0.15) is 0 Å². The standard InChI is InChI=1S/C25H27NO3/c1-5-25(2,3)20-16-15-18(17-23(20)29-19-11-7-6-8-12-19)24(28)26(4)21-13-9-10-14-22(21)27/h6-17,27H,5H2,1-4H3. The second-order valence-corrected chi connectivity index (χ2v) is 7.72. The van der Waals surface area contributed by atoms with E-state index >= 15 is 0 Å². The predicted molar refractivity (Wildman–Crippen MR) is 117 cm³/mol. The third-order valence-corrected chi connectivity index (χ3v) is 5.36. The van der Waals surface area contributed by atoms with Crippen LogP contribution in [0.15, 0.2) is 72.8 Å². The van der Waals surface area contributed by atoms with Crippen LogP contribution in [-0.4, -0.2) is 18.1 Å². The molecule has 0 unspecified atom stereocenters. The summed E-state index contributed by atoms with van der Waals surface area (Å²) in [6.45, 7) is 6.46. The minimum Gasteiger partial charge on any atom is -0.506 e. The molecular formula is C25H27NO3. The fraction of sp³-hybridized carbons (Fsp3) is 0.240. The summed E-state index contributed by atoms with van der Waals surface area (Å²) in [5.74, 6) is 1.23. The first-order valence-electron chi connectivity index (χ1n) is 9.77. The van der Waals surface area contributed by atoms with Crippen LogP contribution in [0, 0.1) is 0 Å². The van der Waals surface area contributed by atoms with Gasteiger partial charge in [0, 0.05) is 18.2 Å². The largest absolute Gasteiger partial charge is 0.506 e. The van der Waals surface area contributed by atoms with E-state index in [0.29, 0.717) is 17.0 Å². The van der Waals surface area contributed by atoms with E-state index in [2.05, 4.69) is 20.8 Å². The fourth-order valence-corrected chi connectivity index (χ4v) is 3.16. The number of anilines is 1. The lowest BCUT2D eigenvalue weighted by atomic mass is 9.81. The van der Waals surface area contributed by atoms with Crippen molar-refractivity contribution in [2.45, 2.75) is 32.6 Å². The summed E-state index contributed by atoms with van der Waals surface area (Å²) in [6, 6.07) is 21.9. The number of carbonyl (C=O) groups is 1. The highest BCUT2D eigenvalue weighted by Gasteiger charge is 2.25. The third-order valence-electron chi connectivity index (χ3n) is 5.36. The first-order valence-corrected chi connectivity index (χ1v) is 9.77. The van der Waals surface area contributed by atoms with Crippen LogP contribution in [0.3, 0.4) is 0 Å². The van der Waals surface area contributed by atoms with Gasteiger partial charge in [0.15, 0.2) is 0 Å². The van der Waals surface area contributed by atoms with Crippen LogP contribution in [0.2, 0.25) is 0 Å². The Morgan fingerprint density at radius 1 is 1.00 bits per heavy atom. The first-order chi connectivity index (χ1) is 13.8. The molecular weight excluding hydrogens is 362 g/mol. The molecule has 0 fully saturated rings. The first kappa shape index (κ1) is 20.5. The number of rotatable bonds is 6. The number of carbonyl (C=O) groups excluding carboxylic acids is 1. The van der Waals surface area contributed by atoms with Crippen LogP contribution in [0.4, 0.5) is 5.69 Å². The highest BCUT2D eigenvalue weighted by molar-refractivity contribution is 6.06. The number of phenolic OH excluding ortho intramolecular Hbond substituents is 1. The number of ether oxygens (including phenoxy) is 1. The molecule has 0 heterocycles. The maximum absolute atomic E-state index is 13.1. The van der Waals surface area contributed by atoms with E-state index in [-0.39, 0.29) is 17.1 Å². The van der Waals surface area contributed by atoms with Crippen LogP contribution < -0.4 is 9.64 Å². The SMILES string of the molecule is CCC(C)(C)c1ccc(C(=O)N(C)c2ccccc2O)cc1Oc1ccccc1. The van der Waals surface area contributed by atoms with Gasteiger partial charge in [-0.15, -0.1) is 0 Å². The van der Waals surface area contributed by atoms with Crippen LogP contribution >= 0.6 is 0 Å². The summed E-state index contributed by atoms with van der Waals surface area (Å²) in [6.07, 6.45) is 0.934. The lowest BCUT2D eigenvalue weighted by Gasteiger charge is -2.27. The molecule has 0 aliphatic carbocycles. The average molecular weight is 389 g/mol. The average Bonchev–Trinajstić information content (AvgIpc) is 2.73. The van der Waals surface area contributed by atoms with Gasteiger partial charge in [0.25, 0.3) is 5.91 Å². The second kappa shape index (κ2) is 8.39. The maximum Gasteiger partial charge on any atom is 0.258 e. The van der Waals surface area contributed by atoms with E-state index in [4.69, 9.17) is 4.74 Å². The summed E-state index contributed by atoms with van der Waals surface area (Å²) in [5.41, 5.74) is 1.90. The van der Waals surface area contributed by atoms with E-state index in [1.807, 2.05) is 42.5 Å². The van der Waals surface area contributed by atoms with Crippen molar-refractivity contribution < 1.29 is 14.6 Å². The minimum absolute atomic E-state index is 0.0628. The Morgan fingerprint density at radius 3 is 2.31 bits per heavy atom. The van der Waals surface area contributed by atoms with Gasteiger partial charge in [0.2, 0.25) is 0 Å². The van der Waals surface area contributed by atoms with Crippen molar-refractivity contribution in [3.05, 3.63) is 83.9 Å². The zero-order valence-corrected chi connectivity index (χ0v) is 17.3. The fourth-order valence-electron chi connectivity index (χ4n) is 3.16. The molecule has 0 radical (unpaired) electrons. The molecule has 0 bridgehead atoms. The van der Waals surface area contributed by atoms with Gasteiger partial charge in [0.1, 0.15) is 17.2 Å². The van der Waals surface area contributed by atoms with E-state index < -0.39 is 0 Å². The van der Waals surface area contributed by atoms with Gasteiger partial charge < -0.3 is 14.7 Å². The number of phenols is 1. The molecule has 0 saturated carbocycles. The number of hydrogen-bond donors (Lipinski definition) is 1. The molecule has 0 aliphatic rings. The quantitative estimate of drug-likeness (QED) is 0.550. The van der Waals surface area contributed by atoms with Gasteiger partial charge >= 0.3 is 0 Å². The summed E-state index contributed by atoms with van der Waals surface area (Å²) in [4.78, 5) is 14.5. The van der Waals surface area contributed by atoms with E-state index in [1.54, 1.807) is 37.4 Å². The van der Waals surface area contributed by atoms with Crippen molar-refractivity contribution in [3.8, 4) is 17.2 Å². The Labute approximate surface area is 172 Å². The highest BCUT2D eigenvalue weighted by Crippen LogP contribution is 2.37. The maximum atomic E-state index is 13.1. The Bertz CT molecular complexity index is 996. The van der Waals surface area contributed by atoms with Gasteiger partial charge in [-0.1, -0.05) is 57.2 Å². The lowest BCUT2D eigenvalue weighted by molar-refractivity contribution is 0.0992. The third kappa shape index (κ3) is 4.43. The number of hydrogen-bond acceptors (Lipinski definition) is 3. The molecule has 0 atom stereocenters. The van der Waals surface area contributed by atoms with E-state index in [1.165, 1.54) is 4.90 Å². The summed E-state index contributed by atoms with van der Waals surface area (Å²) >= 11 is 0. The molecule has 150 valence electrons. The van der Waals surface area contributed by atoms with Crippen molar-refractivity contribution in [2.24, 2.45) is 0 Å². The molecule has 3 aromatic rings. The molecule has 0 spiro atoms. The molecule has 0 aliphatic heterocycles. The van der Waals surface area contributed by atoms with Crippen LogP contribution in [-0.2, 0) is 5.41 Å². The molecule has 4 heteroatoms. The number of nitrogens with zero attached hydrogens (tertiary/aromatic N) is 1. The molecule has 3 rings (SSSR count). The number of para-hydroxylation sites is 3. The van der Waals surface area contributed by atoms with E-state index in [0.717, 1.165) is 17.7 Å². The Balaban J connectivity index is 2.01. The molecule has 0 aromatic heterocycles. The van der Waals surface area contributed by atoms with Crippen LogP contribution in [0.1, 0.15) is 43.1 Å². The van der Waals surface area contributed by atoms with Gasteiger partial charge in [-0.05, 0) is 48.2 Å². The monoisotopic (exact) mass is 389 g/mol. The van der Waals surface area contributed by atoms with Crippen molar-refractivity contribution in [3.63, 3.8) is 0 Å². The Kier molecular flexibility index (Phi) is 5.92. The van der Waals surface area contributed by atoms with Crippen molar-refractivity contribution in [1.29, 1.82) is 0 Å². The van der Waals surface area contributed by atoms with Gasteiger partial charge in [-0.25, -0.2) is 0 Å². The van der Waals surface area contributed by atoms with Crippen molar-refractivity contribution in [2.75, 3.05) is 11.9 Å². The zero-order chi connectivity index (χ0) is 21.0. The normalized spacial score (nSPS) is 11.2. The van der Waals surface area contributed by atoms with Crippen molar-refractivity contribution in [1.82, 2.24) is 0 Å². The second-order valence-electron chi connectivity index (χ2n) is 7.72. The van der Waals surface area contributed by atoms with Gasteiger partial charge in [-0.3, -0.25) is 4.79 Å². The molecule has 1 amide bonds.